The molecule has 0 aromatic heterocycles. The van der Waals surface area contributed by atoms with Gasteiger partial charge in [0.2, 0.25) is 0 Å². The Hall–Kier alpha value is -1.47. The van der Waals surface area contributed by atoms with Crippen molar-refractivity contribution in [1.29, 1.82) is 0 Å². The van der Waals surface area contributed by atoms with Crippen LogP contribution in [-0.4, -0.2) is 21.0 Å². The summed E-state index contributed by atoms with van der Waals surface area (Å²) in [6.07, 6.45) is 0. The van der Waals surface area contributed by atoms with Crippen LogP contribution in [0.25, 0.3) is 0 Å². The molecule has 0 unspecified atom stereocenters. The Morgan fingerprint density at radius 1 is 1.47 bits per heavy atom. The molecule has 6 nitrogen and oxygen atoms in total. The normalized spacial score (nSPS) is 10.9. The van der Waals surface area contributed by atoms with E-state index in [1.54, 1.807) is 6.92 Å². The number of nitrogen functional groups attached to an aromatic ring is 1. The lowest BCUT2D eigenvalue weighted by atomic mass is 10.3. The molecule has 0 saturated carbocycles. The topological polar surface area (TPSA) is 101 Å². The minimum absolute atomic E-state index is 0.0400. The van der Waals surface area contributed by atoms with Crippen molar-refractivity contribution in [1.82, 2.24) is 10.0 Å². The fraction of sp³-hybridized carbons (Fsp3) is 0.222. The van der Waals surface area contributed by atoms with Crippen LogP contribution in [0.5, 0.6) is 0 Å². The van der Waals surface area contributed by atoms with E-state index in [-0.39, 0.29) is 9.92 Å². The Kier molecular flexibility index (Phi) is 4.19. The number of rotatable bonds is 3. The molecule has 1 aromatic rings. The van der Waals surface area contributed by atoms with E-state index in [4.69, 9.17) is 17.3 Å². The third kappa shape index (κ3) is 3.50. The molecule has 8 heteroatoms. The molecule has 1 rings (SSSR count). The molecule has 0 atom stereocenters. The van der Waals surface area contributed by atoms with Gasteiger partial charge < -0.3 is 11.1 Å². The van der Waals surface area contributed by atoms with Gasteiger partial charge in [-0.3, -0.25) is 0 Å². The molecule has 94 valence electrons. The van der Waals surface area contributed by atoms with E-state index in [1.165, 1.54) is 18.2 Å². The van der Waals surface area contributed by atoms with Crippen molar-refractivity contribution in [3.8, 4) is 0 Å². The Labute approximate surface area is 104 Å². The number of urea groups is 1. The Bertz CT molecular complexity index is 530. The second-order valence-electron chi connectivity index (χ2n) is 3.15. The van der Waals surface area contributed by atoms with Crippen LogP contribution in [0, 0.1) is 0 Å². The molecule has 2 amide bonds. The van der Waals surface area contributed by atoms with Crippen LogP contribution < -0.4 is 15.8 Å². The monoisotopic (exact) mass is 277 g/mol. The molecule has 17 heavy (non-hydrogen) atoms. The molecule has 0 aliphatic carbocycles. The van der Waals surface area contributed by atoms with Gasteiger partial charge in [-0.15, -0.1) is 0 Å². The first-order chi connectivity index (χ1) is 7.86. The maximum absolute atomic E-state index is 11.8. The summed E-state index contributed by atoms with van der Waals surface area (Å²) in [5.74, 6) is 0. The SMILES string of the molecule is CCNC(=O)NS(=O)(=O)c1ccc(N)cc1Cl. The third-order valence-corrected chi connectivity index (χ3v) is 3.62. The van der Waals surface area contributed by atoms with Gasteiger partial charge in [-0.25, -0.2) is 17.9 Å². The number of nitrogens with two attached hydrogens (primary N) is 1. The standard InChI is InChI=1S/C9H12ClN3O3S/c1-2-12-9(14)13-17(15,16)8-4-3-6(11)5-7(8)10/h3-5H,2,11H2,1H3,(H2,12,13,14). The summed E-state index contributed by atoms with van der Waals surface area (Å²) in [6, 6.07) is 3.12. The number of anilines is 1. The van der Waals surface area contributed by atoms with Gasteiger partial charge in [0.05, 0.1) is 5.02 Å². The summed E-state index contributed by atoms with van der Waals surface area (Å²) in [7, 11) is -3.98. The molecular weight excluding hydrogens is 266 g/mol. The van der Waals surface area contributed by atoms with Crippen LogP contribution in [-0.2, 0) is 10.0 Å². The van der Waals surface area contributed by atoms with Crippen LogP contribution in [0.3, 0.4) is 0 Å². The number of benzene rings is 1. The first kappa shape index (κ1) is 13.6. The van der Waals surface area contributed by atoms with Crippen LogP contribution in [0.4, 0.5) is 10.5 Å². The summed E-state index contributed by atoms with van der Waals surface area (Å²) >= 11 is 5.74. The number of hydrogen-bond donors (Lipinski definition) is 3. The number of hydrogen-bond acceptors (Lipinski definition) is 4. The lowest BCUT2D eigenvalue weighted by molar-refractivity contribution is 0.246. The first-order valence-electron chi connectivity index (χ1n) is 4.72. The van der Waals surface area contributed by atoms with E-state index in [2.05, 4.69) is 5.32 Å². The predicted octanol–water partition coefficient (Wildman–Crippen LogP) is 0.930. The van der Waals surface area contributed by atoms with Crippen LogP contribution in [0.1, 0.15) is 6.92 Å². The molecule has 0 radical (unpaired) electrons. The van der Waals surface area contributed by atoms with Crippen molar-refractivity contribution in [3.63, 3.8) is 0 Å². The molecule has 4 N–H and O–H groups in total. The van der Waals surface area contributed by atoms with Gasteiger partial charge in [-0.1, -0.05) is 11.6 Å². The van der Waals surface area contributed by atoms with E-state index >= 15 is 0 Å². The van der Waals surface area contributed by atoms with Gasteiger partial charge >= 0.3 is 6.03 Å². The molecule has 0 aliphatic heterocycles. The highest BCUT2D eigenvalue weighted by molar-refractivity contribution is 7.90. The quantitative estimate of drug-likeness (QED) is 0.715. The Balaban J connectivity index is 3.01. The molecule has 0 bridgehead atoms. The number of amides is 2. The number of halogens is 1. The smallest absolute Gasteiger partial charge is 0.328 e. The molecular formula is C9H12ClN3O3S. The molecule has 0 spiro atoms. The largest absolute Gasteiger partial charge is 0.399 e. The van der Waals surface area contributed by atoms with Gasteiger partial charge in [0.15, 0.2) is 0 Å². The van der Waals surface area contributed by atoms with E-state index < -0.39 is 16.1 Å². The second kappa shape index (κ2) is 5.24. The van der Waals surface area contributed by atoms with Gasteiger partial charge in [0, 0.05) is 12.2 Å². The van der Waals surface area contributed by atoms with Crippen molar-refractivity contribution < 1.29 is 13.2 Å². The highest BCUT2D eigenvalue weighted by atomic mass is 35.5. The maximum Gasteiger partial charge on any atom is 0.328 e. The van der Waals surface area contributed by atoms with Crippen molar-refractivity contribution in [2.45, 2.75) is 11.8 Å². The highest BCUT2D eigenvalue weighted by Gasteiger charge is 2.20. The fourth-order valence-corrected chi connectivity index (χ4v) is 2.59. The third-order valence-electron chi connectivity index (χ3n) is 1.81. The number of sulfonamides is 1. The van der Waals surface area contributed by atoms with Crippen LogP contribution in [0.15, 0.2) is 23.1 Å². The Morgan fingerprint density at radius 3 is 2.65 bits per heavy atom. The predicted molar refractivity (Wildman–Crippen MR) is 65.3 cm³/mol. The Morgan fingerprint density at radius 2 is 2.12 bits per heavy atom. The number of carbonyl (C=O) groups excluding carboxylic acids is 1. The number of carbonyl (C=O) groups is 1. The summed E-state index contributed by atoms with van der Waals surface area (Å²) in [5.41, 5.74) is 5.78. The van der Waals surface area contributed by atoms with Crippen LogP contribution >= 0.6 is 11.6 Å². The van der Waals surface area contributed by atoms with Crippen molar-refractivity contribution in [3.05, 3.63) is 23.2 Å². The summed E-state index contributed by atoms with van der Waals surface area (Å²) < 4.78 is 25.3. The van der Waals surface area contributed by atoms with E-state index in [0.717, 1.165) is 0 Å². The average Bonchev–Trinajstić information content (AvgIpc) is 2.15. The van der Waals surface area contributed by atoms with Gasteiger partial charge in [-0.05, 0) is 25.1 Å². The van der Waals surface area contributed by atoms with Crippen molar-refractivity contribution >= 4 is 33.3 Å². The summed E-state index contributed by atoms with van der Waals surface area (Å²) in [6.45, 7) is 1.99. The first-order valence-corrected chi connectivity index (χ1v) is 6.58. The molecule has 0 heterocycles. The number of nitrogens with one attached hydrogen (secondary N) is 2. The zero-order chi connectivity index (χ0) is 13.1. The molecule has 0 aliphatic rings. The minimum Gasteiger partial charge on any atom is -0.399 e. The molecule has 1 aromatic carbocycles. The van der Waals surface area contributed by atoms with Crippen LogP contribution in [0.2, 0.25) is 5.02 Å². The van der Waals surface area contributed by atoms with Crippen molar-refractivity contribution in [2.24, 2.45) is 0 Å². The van der Waals surface area contributed by atoms with E-state index in [0.29, 0.717) is 12.2 Å². The van der Waals surface area contributed by atoms with Crippen molar-refractivity contribution in [2.75, 3.05) is 12.3 Å². The van der Waals surface area contributed by atoms with Gasteiger partial charge in [-0.2, -0.15) is 0 Å². The summed E-state index contributed by atoms with van der Waals surface area (Å²) in [5, 5.41) is 2.27. The molecule has 0 fully saturated rings. The lowest BCUT2D eigenvalue weighted by Gasteiger charge is -2.09. The van der Waals surface area contributed by atoms with Gasteiger partial charge in [0.1, 0.15) is 4.90 Å². The zero-order valence-corrected chi connectivity index (χ0v) is 10.6. The minimum atomic E-state index is -3.98. The average molecular weight is 278 g/mol. The molecule has 0 saturated heterocycles. The maximum atomic E-state index is 11.8. The van der Waals surface area contributed by atoms with Gasteiger partial charge in [0.25, 0.3) is 10.0 Å². The summed E-state index contributed by atoms with van der Waals surface area (Å²) in [4.78, 5) is 10.9. The fourth-order valence-electron chi connectivity index (χ4n) is 1.11. The zero-order valence-electron chi connectivity index (χ0n) is 9.03. The highest BCUT2D eigenvalue weighted by Crippen LogP contribution is 2.23. The lowest BCUT2D eigenvalue weighted by Crippen LogP contribution is -2.39. The van der Waals surface area contributed by atoms with E-state index in [1.807, 2.05) is 4.72 Å². The van der Waals surface area contributed by atoms with E-state index in [9.17, 15) is 13.2 Å². The second-order valence-corrected chi connectivity index (χ2v) is 5.21.